The number of nitrogens with zero attached hydrogens (tertiary/aromatic N) is 2. The van der Waals surface area contributed by atoms with E-state index in [0.717, 1.165) is 5.01 Å². The fourth-order valence-corrected chi connectivity index (χ4v) is 9.18. The number of hydrogen-bond donors (Lipinski definition) is 3. The molecule has 276 valence electrons. The number of carboxylic acid groups (broad SMARTS) is 1. The lowest BCUT2D eigenvalue weighted by Gasteiger charge is -2.50. The van der Waals surface area contributed by atoms with Crippen molar-refractivity contribution in [2.75, 3.05) is 18.6 Å². The van der Waals surface area contributed by atoms with Crippen LogP contribution in [0.5, 0.6) is 11.5 Å². The Morgan fingerprint density at radius 1 is 0.962 bits per heavy atom. The van der Waals surface area contributed by atoms with Gasteiger partial charge >= 0.3 is 5.97 Å². The highest BCUT2D eigenvalue weighted by Crippen LogP contribution is 2.65. The summed E-state index contributed by atoms with van der Waals surface area (Å²) in [7, 11) is 0. The van der Waals surface area contributed by atoms with Crippen molar-refractivity contribution in [1.29, 1.82) is 0 Å². The van der Waals surface area contributed by atoms with Crippen molar-refractivity contribution in [3.05, 3.63) is 100 Å². The molecule has 3 aromatic carbocycles. The van der Waals surface area contributed by atoms with Gasteiger partial charge in [-0.1, -0.05) is 53.9 Å². The van der Waals surface area contributed by atoms with Gasteiger partial charge < -0.3 is 14.9 Å². The van der Waals surface area contributed by atoms with E-state index in [9.17, 15) is 28.7 Å². The Morgan fingerprint density at radius 2 is 1.70 bits per heavy atom. The zero-order valence-electron chi connectivity index (χ0n) is 29.0. The number of unbranched alkanes of at least 4 members (excludes halogenated alkanes) is 2. The van der Waals surface area contributed by atoms with Crippen LogP contribution < -0.4 is 10.2 Å². The minimum Gasteiger partial charge on any atom is -0.504 e. The van der Waals surface area contributed by atoms with E-state index in [1.54, 1.807) is 49.4 Å². The molecule has 2 aliphatic carbocycles. The molecule has 0 aromatic heterocycles. The van der Waals surface area contributed by atoms with Gasteiger partial charge in [0.15, 0.2) is 11.5 Å². The van der Waals surface area contributed by atoms with Gasteiger partial charge in [-0.25, -0.2) is 4.39 Å². The molecule has 1 saturated carbocycles. The lowest BCUT2D eigenvalue weighted by Crippen LogP contribution is -2.53. The molecule has 0 spiro atoms. The summed E-state index contributed by atoms with van der Waals surface area (Å²) in [6.07, 6.45) is 3.56. The van der Waals surface area contributed by atoms with Crippen molar-refractivity contribution in [3.8, 4) is 11.5 Å². The number of aliphatic carboxylic acids is 1. The van der Waals surface area contributed by atoms with Crippen LogP contribution in [0.15, 0.2) is 78.4 Å². The predicted molar refractivity (Wildman–Crippen MR) is 191 cm³/mol. The number of phenolic OH excluding ortho intramolecular Hbond substituents is 1. The van der Waals surface area contributed by atoms with Gasteiger partial charge in [0.2, 0.25) is 11.8 Å². The van der Waals surface area contributed by atoms with E-state index in [2.05, 4.69) is 5.43 Å². The van der Waals surface area contributed by atoms with E-state index in [1.807, 2.05) is 6.08 Å². The van der Waals surface area contributed by atoms with E-state index < -0.39 is 58.6 Å². The summed E-state index contributed by atoms with van der Waals surface area (Å²) in [6.45, 7) is 2.17. The second-order valence-corrected chi connectivity index (χ2v) is 14.5. The first kappa shape index (κ1) is 36.1. The van der Waals surface area contributed by atoms with Gasteiger partial charge in [0.25, 0.3) is 11.8 Å². The first-order valence-corrected chi connectivity index (χ1v) is 18.2. The molecule has 2 aliphatic heterocycles. The molecule has 6 atom stereocenters. The maximum absolute atomic E-state index is 15.2. The normalized spacial score (nSPS) is 26.2. The van der Waals surface area contributed by atoms with Gasteiger partial charge in [0, 0.05) is 29.5 Å². The highest BCUT2D eigenvalue weighted by molar-refractivity contribution is 6.30. The number of nitrogens with one attached hydrogen (secondary N) is 1. The molecular formula is C40H39ClFN3O8. The molecule has 53 heavy (non-hydrogen) atoms. The molecule has 0 unspecified atom stereocenters. The Morgan fingerprint density at radius 3 is 2.40 bits per heavy atom. The van der Waals surface area contributed by atoms with Crippen molar-refractivity contribution in [1.82, 2.24) is 9.91 Å². The number of hydrazine groups is 1. The highest BCUT2D eigenvalue weighted by Gasteiger charge is 2.70. The van der Waals surface area contributed by atoms with Gasteiger partial charge in [0.05, 0.1) is 35.5 Å². The summed E-state index contributed by atoms with van der Waals surface area (Å²) in [4.78, 5) is 70.3. The summed E-state index contributed by atoms with van der Waals surface area (Å²) < 4.78 is 19.6. The molecule has 2 saturated heterocycles. The van der Waals surface area contributed by atoms with Crippen molar-refractivity contribution in [2.45, 2.75) is 56.8 Å². The first-order chi connectivity index (χ1) is 25.5. The molecule has 3 aromatic rings. The number of anilines is 1. The number of amides is 4. The molecule has 3 fully saturated rings. The number of likely N-dealkylation sites (tertiary alicyclic amines) is 1. The number of halogens is 2. The number of carboxylic acids is 1. The van der Waals surface area contributed by atoms with E-state index in [0.29, 0.717) is 46.7 Å². The summed E-state index contributed by atoms with van der Waals surface area (Å²) in [5, 5.41) is 22.2. The zero-order valence-corrected chi connectivity index (χ0v) is 29.7. The molecule has 13 heteroatoms. The average Bonchev–Trinajstić information content (AvgIpc) is 3.51. The van der Waals surface area contributed by atoms with Crippen LogP contribution in [0.4, 0.5) is 10.1 Å². The van der Waals surface area contributed by atoms with E-state index in [1.165, 1.54) is 29.2 Å². The molecule has 2 heterocycles. The molecule has 4 amide bonds. The number of allylic oxidation sites excluding steroid dienone is 2. The number of rotatable bonds is 12. The maximum atomic E-state index is 15.2. The van der Waals surface area contributed by atoms with Crippen LogP contribution in [-0.2, 0) is 29.4 Å². The number of hydrogen-bond acceptors (Lipinski definition) is 8. The first-order valence-electron chi connectivity index (χ1n) is 17.9. The molecule has 0 bridgehead atoms. The molecule has 0 radical (unpaired) electrons. The number of carbonyl (C=O) groups excluding carboxylic acids is 4. The third kappa shape index (κ3) is 6.02. The summed E-state index contributed by atoms with van der Waals surface area (Å²) in [5.74, 6) is -7.49. The van der Waals surface area contributed by atoms with Crippen LogP contribution >= 0.6 is 11.6 Å². The van der Waals surface area contributed by atoms with Crippen molar-refractivity contribution >= 4 is 46.9 Å². The van der Waals surface area contributed by atoms with Crippen LogP contribution in [0.25, 0.3) is 0 Å². The Hall–Kier alpha value is -5.23. The number of fused-ring (bicyclic) bond motifs is 4. The van der Waals surface area contributed by atoms with Gasteiger partial charge in [-0.05, 0) is 86.6 Å². The third-order valence-corrected chi connectivity index (χ3v) is 11.5. The SMILES string of the molecule is CCOc1cccc([C@H]2C3=CC[C@@H]4C(=O)N(CCCCCC(=O)O)C(=O)[C@@H]4[C@@H]3C[C@H]3C(=O)N(Nc4ccc(F)cc4)C(=O)[C@@]23c2ccc(Cl)cc2)c1O. The second kappa shape index (κ2) is 14.3. The van der Waals surface area contributed by atoms with Gasteiger partial charge in [0.1, 0.15) is 5.82 Å². The van der Waals surface area contributed by atoms with E-state index >= 15 is 4.79 Å². The molecular weight excluding hydrogens is 705 g/mol. The molecule has 3 N–H and O–H groups in total. The van der Waals surface area contributed by atoms with Crippen LogP contribution in [0.1, 0.15) is 62.5 Å². The van der Waals surface area contributed by atoms with Gasteiger partial charge in [-0.15, -0.1) is 0 Å². The standard InChI is InChI=1S/C40H39ClFN3O8/c1-2-53-31-8-6-7-28(35(31)48)34-26-18-19-27-33(38(51)44(36(27)49)20-5-3-4-9-32(46)47)29(26)21-30-37(50)45(43-25-16-14-24(42)15-17-25)39(52)40(30,34)22-10-12-23(41)13-11-22/h6-8,10-18,27,29-30,33-34,43,48H,2-5,9,19-21H2,1H3,(H,46,47)/t27-,29+,30-,33-,34+,40+/m0/s1. The predicted octanol–water partition coefficient (Wildman–Crippen LogP) is 6.21. The lowest BCUT2D eigenvalue weighted by atomic mass is 9.49. The topological polar surface area (TPSA) is 154 Å². The average molecular weight is 744 g/mol. The van der Waals surface area contributed by atoms with Crippen molar-refractivity contribution in [2.24, 2.45) is 23.7 Å². The Balaban J connectivity index is 1.37. The number of benzene rings is 3. The van der Waals surface area contributed by atoms with Gasteiger partial charge in [-0.2, -0.15) is 5.01 Å². The Kier molecular flexibility index (Phi) is 9.75. The van der Waals surface area contributed by atoms with Crippen molar-refractivity contribution in [3.63, 3.8) is 0 Å². The number of aromatic hydroxyl groups is 1. The molecule has 7 rings (SSSR count). The fraction of sp³-hybridized carbons (Fsp3) is 0.375. The number of para-hydroxylation sites is 1. The summed E-state index contributed by atoms with van der Waals surface area (Å²) in [6, 6.07) is 16.9. The van der Waals surface area contributed by atoms with Crippen LogP contribution in [0.2, 0.25) is 5.02 Å². The quantitative estimate of drug-likeness (QED) is 0.112. The van der Waals surface area contributed by atoms with Crippen LogP contribution in [0, 0.1) is 29.5 Å². The maximum Gasteiger partial charge on any atom is 0.303 e. The summed E-state index contributed by atoms with van der Waals surface area (Å²) >= 11 is 6.35. The monoisotopic (exact) mass is 743 g/mol. The smallest absolute Gasteiger partial charge is 0.303 e. The Labute approximate surface area is 310 Å². The Bertz CT molecular complexity index is 2000. The number of ether oxygens (including phenoxy) is 1. The minimum absolute atomic E-state index is 0.00221. The summed E-state index contributed by atoms with van der Waals surface area (Å²) in [5.41, 5.74) is 3.01. The minimum atomic E-state index is -1.65. The fourth-order valence-electron chi connectivity index (χ4n) is 9.05. The van der Waals surface area contributed by atoms with Gasteiger partial charge in [-0.3, -0.25) is 34.3 Å². The third-order valence-electron chi connectivity index (χ3n) is 11.3. The second-order valence-electron chi connectivity index (χ2n) is 14.0. The van der Waals surface area contributed by atoms with Crippen LogP contribution in [0.3, 0.4) is 0 Å². The number of carbonyl (C=O) groups is 5. The molecule has 11 nitrogen and oxygen atoms in total. The largest absolute Gasteiger partial charge is 0.504 e. The highest BCUT2D eigenvalue weighted by atomic mass is 35.5. The number of phenols is 1. The molecule has 4 aliphatic rings. The zero-order chi connectivity index (χ0) is 37.6. The number of imide groups is 2. The van der Waals surface area contributed by atoms with E-state index in [4.69, 9.17) is 21.4 Å². The van der Waals surface area contributed by atoms with Crippen LogP contribution in [-0.4, -0.2) is 62.9 Å². The van der Waals surface area contributed by atoms with E-state index in [-0.39, 0.29) is 55.7 Å². The van der Waals surface area contributed by atoms with Crippen molar-refractivity contribution < 1.29 is 43.3 Å². The lowest BCUT2D eigenvalue weighted by molar-refractivity contribution is -0.141.